The molecule has 0 spiro atoms. The minimum absolute atomic E-state index is 0.197. The van der Waals surface area contributed by atoms with Crippen molar-refractivity contribution in [1.82, 2.24) is 25.4 Å². The van der Waals surface area contributed by atoms with Crippen LogP contribution in [0, 0.1) is 5.92 Å². The van der Waals surface area contributed by atoms with Crippen molar-refractivity contribution in [3.63, 3.8) is 0 Å². The zero-order valence-corrected chi connectivity index (χ0v) is 13.0. The summed E-state index contributed by atoms with van der Waals surface area (Å²) >= 11 is 0. The van der Waals surface area contributed by atoms with Crippen molar-refractivity contribution in [2.24, 2.45) is 5.92 Å². The van der Waals surface area contributed by atoms with Crippen LogP contribution in [-0.2, 0) is 4.79 Å². The highest BCUT2D eigenvalue weighted by Crippen LogP contribution is 2.28. The van der Waals surface area contributed by atoms with Gasteiger partial charge in [0, 0.05) is 11.3 Å². The highest BCUT2D eigenvalue weighted by Gasteiger charge is 2.41. The van der Waals surface area contributed by atoms with Crippen LogP contribution in [0.15, 0.2) is 30.3 Å². The van der Waals surface area contributed by atoms with Gasteiger partial charge in [-0.25, -0.2) is 4.39 Å². The number of carbonyl (C=O) groups excluding carboxylic acids is 1. The lowest BCUT2D eigenvalue weighted by molar-refractivity contribution is -0.123. The first-order chi connectivity index (χ1) is 11.7. The number of nitrogens with zero attached hydrogens (tertiary/aromatic N) is 4. The Morgan fingerprint density at radius 2 is 2.21 bits per heavy atom. The van der Waals surface area contributed by atoms with Crippen molar-refractivity contribution in [2.45, 2.75) is 25.6 Å². The molecule has 24 heavy (non-hydrogen) atoms. The van der Waals surface area contributed by atoms with Crippen molar-refractivity contribution < 1.29 is 13.9 Å². The first-order valence-electron chi connectivity index (χ1n) is 7.86. The molecule has 0 saturated carbocycles. The molecule has 7 nitrogen and oxygen atoms in total. The molecule has 3 aromatic rings. The number of amides is 1. The fourth-order valence-electron chi connectivity index (χ4n) is 3.24. The smallest absolute Gasteiger partial charge is 0.255 e. The molecule has 1 aromatic carbocycles. The minimum atomic E-state index is -1.47. The van der Waals surface area contributed by atoms with E-state index in [1.807, 2.05) is 37.3 Å². The third-order valence-corrected chi connectivity index (χ3v) is 4.51. The summed E-state index contributed by atoms with van der Waals surface area (Å²) in [5, 5.41) is 15.2. The van der Waals surface area contributed by atoms with Gasteiger partial charge in [-0.05, 0) is 35.0 Å². The molecular weight excluding hydrogens is 313 g/mol. The Kier molecular flexibility index (Phi) is 3.51. The van der Waals surface area contributed by atoms with E-state index in [2.05, 4.69) is 20.8 Å². The number of halogens is 1. The zero-order valence-electron chi connectivity index (χ0n) is 13.0. The minimum Gasteiger partial charge on any atom is -0.489 e. The quantitative estimate of drug-likeness (QED) is 0.785. The van der Waals surface area contributed by atoms with Gasteiger partial charge < -0.3 is 10.1 Å². The molecule has 8 heteroatoms. The van der Waals surface area contributed by atoms with Gasteiger partial charge in [-0.3, -0.25) is 4.79 Å². The van der Waals surface area contributed by atoms with E-state index in [1.54, 1.807) is 4.52 Å². The van der Waals surface area contributed by atoms with Crippen molar-refractivity contribution in [1.29, 1.82) is 0 Å². The molecule has 1 N–H and O–H groups in total. The van der Waals surface area contributed by atoms with Crippen LogP contribution in [0.4, 0.5) is 4.39 Å². The van der Waals surface area contributed by atoms with E-state index in [1.165, 1.54) is 0 Å². The van der Waals surface area contributed by atoms with Crippen LogP contribution in [0.5, 0.6) is 5.75 Å². The highest BCUT2D eigenvalue weighted by molar-refractivity contribution is 5.87. The highest BCUT2D eigenvalue weighted by atomic mass is 19.1. The van der Waals surface area contributed by atoms with E-state index in [-0.39, 0.29) is 18.6 Å². The predicted molar refractivity (Wildman–Crippen MR) is 84.4 cm³/mol. The molecule has 3 heterocycles. The Bertz CT molecular complexity index is 912. The van der Waals surface area contributed by atoms with Crippen LogP contribution >= 0.6 is 0 Å². The van der Waals surface area contributed by atoms with Crippen LogP contribution < -0.4 is 10.1 Å². The molecule has 1 aliphatic heterocycles. The maximum absolute atomic E-state index is 13.9. The van der Waals surface area contributed by atoms with E-state index in [0.717, 1.165) is 10.9 Å². The monoisotopic (exact) mass is 329 g/mol. The topological polar surface area (TPSA) is 81.4 Å². The molecule has 4 rings (SSSR count). The number of nitrogens with one attached hydrogen (secondary N) is 1. The number of hydrogen-bond acceptors (Lipinski definition) is 5. The Morgan fingerprint density at radius 1 is 1.33 bits per heavy atom. The fourth-order valence-corrected chi connectivity index (χ4v) is 3.24. The molecule has 1 saturated heterocycles. The summed E-state index contributed by atoms with van der Waals surface area (Å²) in [5.74, 6) is -0.339. The molecule has 1 amide bonds. The SMILES string of the molecule is CC[C@@H]1[C@H](F)C(=O)N[C@@H]1COc1cccc2ccc3nnnn3c12. The van der Waals surface area contributed by atoms with E-state index < -0.39 is 12.1 Å². The Hall–Kier alpha value is -2.77. The zero-order chi connectivity index (χ0) is 16.7. The number of para-hydroxylation sites is 1. The third-order valence-electron chi connectivity index (χ3n) is 4.51. The summed E-state index contributed by atoms with van der Waals surface area (Å²) in [6.07, 6.45) is -0.900. The maximum atomic E-state index is 13.9. The fraction of sp³-hybridized carbons (Fsp3) is 0.375. The number of rotatable bonds is 4. The second-order valence-corrected chi connectivity index (χ2v) is 5.88. The van der Waals surface area contributed by atoms with E-state index in [9.17, 15) is 9.18 Å². The number of benzene rings is 1. The largest absolute Gasteiger partial charge is 0.489 e. The van der Waals surface area contributed by atoms with Gasteiger partial charge in [0.1, 0.15) is 17.9 Å². The van der Waals surface area contributed by atoms with Crippen LogP contribution in [0.3, 0.4) is 0 Å². The summed E-state index contributed by atoms with van der Waals surface area (Å²) in [4.78, 5) is 11.5. The molecule has 0 aliphatic carbocycles. The van der Waals surface area contributed by atoms with Crippen LogP contribution in [-0.4, -0.2) is 44.8 Å². The van der Waals surface area contributed by atoms with Gasteiger partial charge in [-0.1, -0.05) is 19.1 Å². The molecule has 3 atom stereocenters. The predicted octanol–water partition coefficient (Wildman–Crippen LogP) is 1.52. The van der Waals surface area contributed by atoms with Crippen LogP contribution in [0.2, 0.25) is 0 Å². The number of carbonyl (C=O) groups is 1. The second-order valence-electron chi connectivity index (χ2n) is 5.88. The Morgan fingerprint density at radius 3 is 3.04 bits per heavy atom. The molecule has 1 aliphatic rings. The van der Waals surface area contributed by atoms with E-state index >= 15 is 0 Å². The van der Waals surface area contributed by atoms with Gasteiger partial charge in [0.2, 0.25) is 0 Å². The average Bonchev–Trinajstić information content (AvgIpc) is 3.17. The summed E-state index contributed by atoms with van der Waals surface area (Å²) in [5.41, 5.74) is 1.36. The number of alkyl halides is 1. The van der Waals surface area contributed by atoms with Gasteiger partial charge in [0.15, 0.2) is 11.8 Å². The third kappa shape index (κ3) is 2.26. The molecule has 1 fully saturated rings. The molecule has 124 valence electrons. The van der Waals surface area contributed by atoms with Crippen molar-refractivity contribution in [3.05, 3.63) is 30.3 Å². The first-order valence-corrected chi connectivity index (χ1v) is 7.86. The van der Waals surface area contributed by atoms with E-state index in [0.29, 0.717) is 17.8 Å². The Labute approximate surface area is 136 Å². The normalized spacial score (nSPS) is 23.8. The molecule has 2 aromatic heterocycles. The summed E-state index contributed by atoms with van der Waals surface area (Å²) < 4.78 is 21.4. The molecule has 0 unspecified atom stereocenters. The van der Waals surface area contributed by atoms with Crippen molar-refractivity contribution >= 4 is 22.5 Å². The number of ether oxygens (including phenoxy) is 1. The lowest BCUT2D eigenvalue weighted by Crippen LogP contribution is -2.34. The van der Waals surface area contributed by atoms with E-state index in [4.69, 9.17) is 4.74 Å². The van der Waals surface area contributed by atoms with Gasteiger partial charge in [0.25, 0.3) is 5.91 Å². The van der Waals surface area contributed by atoms with Gasteiger partial charge in [0.05, 0.1) is 6.04 Å². The number of fused-ring (bicyclic) bond motifs is 3. The summed E-state index contributed by atoms with van der Waals surface area (Å²) in [6, 6.07) is 9.01. The number of tetrazole rings is 1. The summed E-state index contributed by atoms with van der Waals surface area (Å²) in [7, 11) is 0. The van der Waals surface area contributed by atoms with Crippen LogP contribution in [0.25, 0.3) is 16.6 Å². The number of aromatic nitrogens is 4. The average molecular weight is 329 g/mol. The summed E-state index contributed by atoms with van der Waals surface area (Å²) in [6.45, 7) is 2.06. The van der Waals surface area contributed by atoms with Gasteiger partial charge in [-0.15, -0.1) is 5.10 Å². The standard InChI is InChI=1S/C16H16FN5O2/c1-2-10-11(18-16(23)14(10)17)8-24-12-5-3-4-9-6-7-13-19-20-21-22(13)15(9)12/h3-7,10-11,14H,2,8H2,1H3,(H,18,23)/t10-,11+,14-/m0/s1. The Balaban J connectivity index is 1.65. The second kappa shape index (κ2) is 5.70. The first kappa shape index (κ1) is 14.8. The van der Waals surface area contributed by atoms with Gasteiger partial charge >= 0.3 is 0 Å². The molecular formula is C16H16FN5O2. The van der Waals surface area contributed by atoms with Crippen LogP contribution in [0.1, 0.15) is 13.3 Å². The lowest BCUT2D eigenvalue weighted by Gasteiger charge is -2.19. The van der Waals surface area contributed by atoms with Gasteiger partial charge in [-0.2, -0.15) is 4.52 Å². The molecule has 0 radical (unpaired) electrons. The lowest BCUT2D eigenvalue weighted by atomic mass is 9.97. The number of pyridine rings is 1. The number of hydrogen-bond donors (Lipinski definition) is 1. The van der Waals surface area contributed by atoms with Crippen molar-refractivity contribution in [3.8, 4) is 5.75 Å². The maximum Gasteiger partial charge on any atom is 0.255 e. The van der Waals surface area contributed by atoms with Crippen molar-refractivity contribution in [2.75, 3.05) is 6.61 Å². The molecule has 0 bridgehead atoms.